The Balaban J connectivity index is 2.68. The van der Waals surface area contributed by atoms with E-state index in [4.69, 9.17) is 14.6 Å². The zero-order valence-electron chi connectivity index (χ0n) is 10.4. The highest BCUT2D eigenvalue weighted by molar-refractivity contribution is 5.92. The molecule has 104 valence electrons. The summed E-state index contributed by atoms with van der Waals surface area (Å²) in [5.41, 5.74) is -1.02. The molecule has 8 heteroatoms. The van der Waals surface area contributed by atoms with E-state index in [-0.39, 0.29) is 12.5 Å². The highest BCUT2D eigenvalue weighted by atomic mass is 16.6. The van der Waals surface area contributed by atoms with Gasteiger partial charge in [-0.3, -0.25) is 10.1 Å². The van der Waals surface area contributed by atoms with Crippen LogP contribution in [0.25, 0.3) is 0 Å². The maximum atomic E-state index is 10.9. The van der Waals surface area contributed by atoms with Gasteiger partial charge in [-0.25, -0.2) is 9.78 Å². The number of nitrogens with zero attached hydrogens (tertiary/aromatic N) is 2. The van der Waals surface area contributed by atoms with Crippen LogP contribution in [0.2, 0.25) is 0 Å². The molecule has 1 aromatic heterocycles. The average Bonchev–Trinajstić information content (AvgIpc) is 2.38. The monoisotopic (exact) mass is 270 g/mol. The van der Waals surface area contributed by atoms with Gasteiger partial charge < -0.3 is 14.6 Å². The number of carbonyl (C=O) groups is 1. The van der Waals surface area contributed by atoms with Gasteiger partial charge in [0.05, 0.1) is 11.5 Å². The maximum Gasteiger partial charge on any atom is 0.342 e. The van der Waals surface area contributed by atoms with Crippen LogP contribution in [0.1, 0.15) is 23.7 Å². The Morgan fingerprint density at radius 2 is 2.21 bits per heavy atom. The number of ether oxygens (including phenoxy) is 2. The Kier molecular flexibility index (Phi) is 5.68. The van der Waals surface area contributed by atoms with E-state index in [0.717, 1.165) is 18.7 Å². The van der Waals surface area contributed by atoms with Crippen molar-refractivity contribution in [3.63, 3.8) is 0 Å². The average molecular weight is 270 g/mol. The minimum absolute atomic E-state index is 0.0168. The Morgan fingerprint density at radius 1 is 1.47 bits per heavy atom. The SMILES string of the molecule is CCCOCCOc1cc(C(=O)O)c([N+](=O)[O-])cn1. The van der Waals surface area contributed by atoms with E-state index in [0.29, 0.717) is 13.2 Å². The van der Waals surface area contributed by atoms with Crippen LogP contribution >= 0.6 is 0 Å². The second-order valence-electron chi connectivity index (χ2n) is 3.56. The summed E-state index contributed by atoms with van der Waals surface area (Å²) in [5, 5.41) is 19.5. The fourth-order valence-corrected chi connectivity index (χ4v) is 1.28. The van der Waals surface area contributed by atoms with Gasteiger partial charge >= 0.3 is 11.7 Å². The Hall–Kier alpha value is -2.22. The van der Waals surface area contributed by atoms with Gasteiger partial charge in [-0.15, -0.1) is 0 Å². The fourth-order valence-electron chi connectivity index (χ4n) is 1.28. The van der Waals surface area contributed by atoms with Gasteiger partial charge in [0.2, 0.25) is 5.88 Å². The second-order valence-corrected chi connectivity index (χ2v) is 3.56. The molecule has 1 heterocycles. The van der Waals surface area contributed by atoms with Gasteiger partial charge in [0.15, 0.2) is 0 Å². The third kappa shape index (κ3) is 4.51. The summed E-state index contributed by atoms with van der Waals surface area (Å²) in [6, 6.07) is 1.03. The van der Waals surface area contributed by atoms with E-state index in [1.807, 2.05) is 6.92 Å². The van der Waals surface area contributed by atoms with Crippen molar-refractivity contribution in [3.8, 4) is 5.88 Å². The highest BCUT2D eigenvalue weighted by Crippen LogP contribution is 2.21. The smallest absolute Gasteiger partial charge is 0.342 e. The molecule has 0 spiro atoms. The quantitative estimate of drug-likeness (QED) is 0.432. The molecule has 0 aliphatic heterocycles. The first kappa shape index (κ1) is 14.8. The number of hydrogen-bond acceptors (Lipinski definition) is 6. The maximum absolute atomic E-state index is 10.9. The number of carboxylic acid groups (broad SMARTS) is 1. The summed E-state index contributed by atoms with van der Waals surface area (Å²) in [7, 11) is 0. The fraction of sp³-hybridized carbons (Fsp3) is 0.455. The van der Waals surface area contributed by atoms with Crippen molar-refractivity contribution < 1.29 is 24.3 Å². The topological polar surface area (TPSA) is 112 Å². The number of aromatic carboxylic acids is 1. The predicted molar refractivity (Wildman–Crippen MR) is 64.5 cm³/mol. The first-order valence-electron chi connectivity index (χ1n) is 5.64. The normalized spacial score (nSPS) is 10.2. The summed E-state index contributed by atoms with van der Waals surface area (Å²) < 4.78 is 10.3. The van der Waals surface area contributed by atoms with Crippen LogP contribution in [0.4, 0.5) is 5.69 Å². The molecule has 0 saturated heterocycles. The first-order chi connectivity index (χ1) is 9.06. The molecule has 1 rings (SSSR count). The molecule has 0 saturated carbocycles. The zero-order valence-corrected chi connectivity index (χ0v) is 10.4. The summed E-state index contributed by atoms with van der Waals surface area (Å²) in [5.74, 6) is -1.38. The summed E-state index contributed by atoms with van der Waals surface area (Å²) >= 11 is 0. The van der Waals surface area contributed by atoms with Crippen LogP contribution < -0.4 is 4.74 Å². The molecule has 1 N–H and O–H groups in total. The van der Waals surface area contributed by atoms with Gasteiger partial charge in [0.1, 0.15) is 18.4 Å². The van der Waals surface area contributed by atoms with Crippen molar-refractivity contribution in [1.82, 2.24) is 4.98 Å². The van der Waals surface area contributed by atoms with Gasteiger partial charge in [0, 0.05) is 12.7 Å². The standard InChI is InChI=1S/C11H14N2O6/c1-2-3-18-4-5-19-10-6-8(11(14)15)9(7-12-10)13(16)17/h6-7H,2-5H2,1H3,(H,14,15). The molecule has 19 heavy (non-hydrogen) atoms. The molecule has 0 aliphatic carbocycles. The van der Waals surface area contributed by atoms with Gasteiger partial charge in [-0.05, 0) is 6.42 Å². The molecule has 0 aromatic carbocycles. The molecule has 0 radical (unpaired) electrons. The highest BCUT2D eigenvalue weighted by Gasteiger charge is 2.21. The Morgan fingerprint density at radius 3 is 2.79 bits per heavy atom. The van der Waals surface area contributed by atoms with Crippen molar-refractivity contribution in [2.45, 2.75) is 13.3 Å². The molecule has 0 unspecified atom stereocenters. The lowest BCUT2D eigenvalue weighted by atomic mass is 10.2. The molecule has 0 fully saturated rings. The first-order valence-corrected chi connectivity index (χ1v) is 5.64. The summed E-state index contributed by atoms with van der Waals surface area (Å²) in [4.78, 5) is 24.4. The molecule has 0 atom stereocenters. The van der Waals surface area contributed by atoms with Crippen LogP contribution in [0.5, 0.6) is 5.88 Å². The summed E-state index contributed by atoms with van der Waals surface area (Å²) in [6.45, 7) is 3.12. The molecule has 8 nitrogen and oxygen atoms in total. The molecule has 1 aromatic rings. The number of hydrogen-bond donors (Lipinski definition) is 1. The van der Waals surface area contributed by atoms with Gasteiger partial charge in [-0.2, -0.15) is 0 Å². The Bertz CT molecular complexity index is 462. The van der Waals surface area contributed by atoms with E-state index in [1.54, 1.807) is 0 Å². The van der Waals surface area contributed by atoms with Crippen LogP contribution in [-0.4, -0.2) is 40.8 Å². The van der Waals surface area contributed by atoms with Crippen LogP contribution in [0, 0.1) is 10.1 Å². The predicted octanol–water partition coefficient (Wildman–Crippen LogP) is 1.49. The van der Waals surface area contributed by atoms with Gasteiger partial charge in [0.25, 0.3) is 0 Å². The van der Waals surface area contributed by atoms with E-state index in [2.05, 4.69) is 4.98 Å². The van der Waals surface area contributed by atoms with Gasteiger partial charge in [-0.1, -0.05) is 6.92 Å². The summed E-state index contributed by atoms with van der Waals surface area (Å²) in [6.07, 6.45) is 1.75. The molecule has 0 bridgehead atoms. The molecule has 0 aliphatic rings. The van der Waals surface area contributed by atoms with Crippen LogP contribution in [0.3, 0.4) is 0 Å². The lowest BCUT2D eigenvalue weighted by Gasteiger charge is -2.06. The number of nitro groups is 1. The van der Waals surface area contributed by atoms with E-state index >= 15 is 0 Å². The zero-order chi connectivity index (χ0) is 14.3. The van der Waals surface area contributed by atoms with Crippen molar-refractivity contribution in [3.05, 3.63) is 27.9 Å². The minimum Gasteiger partial charge on any atom is -0.477 e. The third-order valence-corrected chi connectivity index (χ3v) is 2.11. The van der Waals surface area contributed by atoms with Crippen molar-refractivity contribution in [1.29, 1.82) is 0 Å². The molecule has 0 amide bonds. The second kappa shape index (κ2) is 7.27. The van der Waals surface area contributed by atoms with Crippen molar-refractivity contribution >= 4 is 11.7 Å². The third-order valence-electron chi connectivity index (χ3n) is 2.11. The molecular weight excluding hydrogens is 256 g/mol. The number of aromatic nitrogens is 1. The van der Waals surface area contributed by atoms with Crippen LogP contribution in [0.15, 0.2) is 12.3 Å². The van der Waals surface area contributed by atoms with E-state index in [9.17, 15) is 14.9 Å². The lowest BCUT2D eigenvalue weighted by molar-refractivity contribution is -0.385. The van der Waals surface area contributed by atoms with Crippen LogP contribution in [-0.2, 0) is 4.74 Å². The van der Waals surface area contributed by atoms with Crippen molar-refractivity contribution in [2.75, 3.05) is 19.8 Å². The lowest BCUT2D eigenvalue weighted by Crippen LogP contribution is -2.09. The number of rotatable bonds is 8. The van der Waals surface area contributed by atoms with E-state index < -0.39 is 22.1 Å². The Labute approximate surface area is 109 Å². The number of pyridine rings is 1. The number of carboxylic acids is 1. The van der Waals surface area contributed by atoms with Crippen molar-refractivity contribution in [2.24, 2.45) is 0 Å². The largest absolute Gasteiger partial charge is 0.477 e. The van der Waals surface area contributed by atoms with E-state index in [1.165, 1.54) is 0 Å². The minimum atomic E-state index is -1.40. The molecular formula is C11H14N2O6.